The van der Waals surface area contributed by atoms with Gasteiger partial charge in [-0.2, -0.15) is 0 Å². The molecule has 6 nitrogen and oxygen atoms in total. The number of piperazine rings is 1. The van der Waals surface area contributed by atoms with Crippen molar-refractivity contribution in [1.29, 1.82) is 0 Å². The largest absolute Gasteiger partial charge is 0.344 e. The molecular weight excluding hydrogens is 342 g/mol. The Morgan fingerprint density at radius 1 is 0.889 bits per heavy atom. The van der Waals surface area contributed by atoms with Gasteiger partial charge in [-0.05, 0) is 11.5 Å². The molecule has 1 aromatic carbocycles. The highest BCUT2D eigenvalue weighted by Gasteiger charge is 2.31. The molecule has 0 saturated carbocycles. The van der Waals surface area contributed by atoms with Gasteiger partial charge in [0.25, 0.3) is 0 Å². The third kappa shape index (κ3) is 5.81. The molecule has 1 fully saturated rings. The third-order valence-corrected chi connectivity index (χ3v) is 4.85. The van der Waals surface area contributed by atoms with E-state index in [2.05, 4.69) is 5.32 Å². The lowest BCUT2D eigenvalue weighted by Crippen LogP contribution is -2.57. The first-order valence-electron chi connectivity index (χ1n) is 9.70. The van der Waals surface area contributed by atoms with Crippen LogP contribution in [-0.4, -0.2) is 59.7 Å². The van der Waals surface area contributed by atoms with Crippen molar-refractivity contribution in [3.8, 4) is 0 Å². The minimum absolute atomic E-state index is 0.00690. The fourth-order valence-corrected chi connectivity index (χ4v) is 3.23. The molecule has 1 unspecified atom stereocenters. The Hall–Kier alpha value is -2.37. The van der Waals surface area contributed by atoms with Crippen LogP contribution >= 0.6 is 0 Å². The number of amides is 3. The summed E-state index contributed by atoms with van der Waals surface area (Å²) < 4.78 is 0. The minimum atomic E-state index is -0.548. The molecule has 27 heavy (non-hydrogen) atoms. The summed E-state index contributed by atoms with van der Waals surface area (Å²) in [4.78, 5) is 41.0. The third-order valence-electron chi connectivity index (χ3n) is 4.85. The van der Waals surface area contributed by atoms with Crippen LogP contribution in [0.1, 0.15) is 33.3 Å². The highest BCUT2D eigenvalue weighted by Crippen LogP contribution is 2.12. The Kier molecular flexibility index (Phi) is 7.39. The lowest BCUT2D eigenvalue weighted by Gasteiger charge is -2.38. The van der Waals surface area contributed by atoms with Crippen molar-refractivity contribution in [2.24, 2.45) is 11.8 Å². The molecule has 148 valence electrons. The summed E-state index contributed by atoms with van der Waals surface area (Å²) >= 11 is 0. The first-order valence-corrected chi connectivity index (χ1v) is 9.70. The van der Waals surface area contributed by atoms with Crippen LogP contribution in [0.25, 0.3) is 0 Å². The van der Waals surface area contributed by atoms with Gasteiger partial charge in [-0.25, -0.2) is 0 Å². The van der Waals surface area contributed by atoms with Gasteiger partial charge in [0.05, 0.1) is 6.42 Å². The van der Waals surface area contributed by atoms with Crippen molar-refractivity contribution in [3.63, 3.8) is 0 Å². The van der Waals surface area contributed by atoms with Crippen LogP contribution < -0.4 is 5.32 Å². The molecule has 1 heterocycles. The number of nitrogens with one attached hydrogen (secondary N) is 1. The first-order chi connectivity index (χ1) is 12.8. The van der Waals surface area contributed by atoms with E-state index in [0.717, 1.165) is 5.56 Å². The van der Waals surface area contributed by atoms with Crippen LogP contribution in [0.15, 0.2) is 30.3 Å². The van der Waals surface area contributed by atoms with E-state index in [1.165, 1.54) is 0 Å². The number of carbonyl (C=O) groups excluding carboxylic acids is 3. The molecule has 2 rings (SSSR count). The summed E-state index contributed by atoms with van der Waals surface area (Å²) in [6, 6.07) is 8.95. The monoisotopic (exact) mass is 373 g/mol. The average Bonchev–Trinajstić information content (AvgIpc) is 2.65. The van der Waals surface area contributed by atoms with E-state index < -0.39 is 6.04 Å². The molecule has 0 spiro atoms. The second-order valence-corrected chi connectivity index (χ2v) is 7.76. The fraction of sp³-hybridized carbons (Fsp3) is 0.571. The Morgan fingerprint density at radius 2 is 1.41 bits per heavy atom. The van der Waals surface area contributed by atoms with Crippen molar-refractivity contribution in [2.75, 3.05) is 26.2 Å². The maximum absolute atomic E-state index is 12.9. The standard InChI is InChI=1S/C21H31N3O3/c1-15(2)19(22-18(25)14-17-8-6-5-7-9-17)21(27)24-12-10-23(11-13-24)20(26)16(3)4/h5-9,15-16,19H,10-14H2,1-4H3,(H,22,25). The smallest absolute Gasteiger partial charge is 0.245 e. The van der Waals surface area contributed by atoms with E-state index in [1.54, 1.807) is 4.90 Å². The van der Waals surface area contributed by atoms with Crippen molar-refractivity contribution >= 4 is 17.7 Å². The van der Waals surface area contributed by atoms with Gasteiger partial charge in [-0.1, -0.05) is 58.0 Å². The summed E-state index contributed by atoms with van der Waals surface area (Å²) in [5, 5.41) is 2.90. The molecule has 1 saturated heterocycles. The quantitative estimate of drug-likeness (QED) is 0.825. The number of carbonyl (C=O) groups is 3. The maximum Gasteiger partial charge on any atom is 0.245 e. The molecule has 0 aromatic heterocycles. The summed E-state index contributed by atoms with van der Waals surface area (Å²) in [7, 11) is 0. The van der Waals surface area contributed by atoms with E-state index in [1.807, 2.05) is 62.9 Å². The van der Waals surface area contributed by atoms with Gasteiger partial charge in [0.2, 0.25) is 17.7 Å². The normalized spacial score (nSPS) is 15.8. The van der Waals surface area contributed by atoms with Crippen molar-refractivity contribution in [1.82, 2.24) is 15.1 Å². The summed E-state index contributed by atoms with van der Waals surface area (Å²) in [6.45, 7) is 9.75. The Bertz CT molecular complexity index is 650. The lowest BCUT2D eigenvalue weighted by molar-refractivity contribution is -0.143. The predicted molar refractivity (Wildman–Crippen MR) is 105 cm³/mol. The molecule has 1 aliphatic rings. The lowest BCUT2D eigenvalue weighted by atomic mass is 10.0. The molecule has 1 N–H and O–H groups in total. The number of hydrogen-bond donors (Lipinski definition) is 1. The Labute approximate surface area is 161 Å². The zero-order valence-corrected chi connectivity index (χ0v) is 16.8. The molecule has 1 aromatic rings. The fourth-order valence-electron chi connectivity index (χ4n) is 3.23. The van der Waals surface area contributed by atoms with Crippen LogP contribution in [0.2, 0.25) is 0 Å². The van der Waals surface area contributed by atoms with Gasteiger partial charge in [-0.15, -0.1) is 0 Å². The Morgan fingerprint density at radius 3 is 1.89 bits per heavy atom. The van der Waals surface area contributed by atoms with Crippen LogP contribution in [0.4, 0.5) is 0 Å². The second-order valence-electron chi connectivity index (χ2n) is 7.76. The molecule has 1 aliphatic heterocycles. The van der Waals surface area contributed by atoms with Crippen LogP contribution in [0.3, 0.4) is 0 Å². The first kappa shape index (κ1) is 20.9. The Balaban J connectivity index is 1.93. The van der Waals surface area contributed by atoms with Gasteiger partial charge in [0.15, 0.2) is 0 Å². The van der Waals surface area contributed by atoms with E-state index in [9.17, 15) is 14.4 Å². The molecular formula is C21H31N3O3. The van der Waals surface area contributed by atoms with Gasteiger partial charge in [-0.3, -0.25) is 14.4 Å². The molecule has 3 amide bonds. The van der Waals surface area contributed by atoms with Crippen molar-refractivity contribution in [2.45, 2.75) is 40.2 Å². The number of hydrogen-bond acceptors (Lipinski definition) is 3. The number of benzene rings is 1. The van der Waals surface area contributed by atoms with E-state index in [4.69, 9.17) is 0 Å². The van der Waals surface area contributed by atoms with Crippen LogP contribution in [0.5, 0.6) is 0 Å². The second kappa shape index (κ2) is 9.53. The number of nitrogens with zero attached hydrogens (tertiary/aromatic N) is 2. The SMILES string of the molecule is CC(C)C(=O)N1CCN(C(=O)C(NC(=O)Cc2ccccc2)C(C)C)CC1. The predicted octanol–water partition coefficient (Wildman–Crippen LogP) is 1.70. The van der Waals surface area contributed by atoms with E-state index in [-0.39, 0.29) is 36.0 Å². The molecule has 6 heteroatoms. The van der Waals surface area contributed by atoms with Crippen molar-refractivity contribution < 1.29 is 14.4 Å². The van der Waals surface area contributed by atoms with E-state index >= 15 is 0 Å². The number of rotatable bonds is 6. The topological polar surface area (TPSA) is 69.7 Å². The molecule has 0 radical (unpaired) electrons. The van der Waals surface area contributed by atoms with Gasteiger partial charge >= 0.3 is 0 Å². The van der Waals surface area contributed by atoms with Crippen LogP contribution in [0, 0.1) is 11.8 Å². The summed E-state index contributed by atoms with van der Waals surface area (Å²) in [6.07, 6.45) is 0.258. The highest BCUT2D eigenvalue weighted by molar-refractivity contribution is 5.89. The summed E-state index contributed by atoms with van der Waals surface area (Å²) in [5.41, 5.74) is 0.922. The zero-order valence-electron chi connectivity index (χ0n) is 16.8. The molecule has 0 aliphatic carbocycles. The molecule has 1 atom stereocenters. The van der Waals surface area contributed by atoms with E-state index in [0.29, 0.717) is 26.2 Å². The van der Waals surface area contributed by atoms with Gasteiger partial charge in [0.1, 0.15) is 6.04 Å². The maximum atomic E-state index is 12.9. The van der Waals surface area contributed by atoms with Crippen molar-refractivity contribution in [3.05, 3.63) is 35.9 Å². The minimum Gasteiger partial charge on any atom is -0.344 e. The van der Waals surface area contributed by atoms with Gasteiger partial charge < -0.3 is 15.1 Å². The van der Waals surface area contributed by atoms with Gasteiger partial charge in [0, 0.05) is 32.1 Å². The molecule has 0 bridgehead atoms. The van der Waals surface area contributed by atoms with Crippen LogP contribution in [-0.2, 0) is 20.8 Å². The highest BCUT2D eigenvalue weighted by atomic mass is 16.2. The average molecular weight is 373 g/mol. The summed E-state index contributed by atoms with van der Waals surface area (Å²) in [5.74, 6) is -0.135. The zero-order chi connectivity index (χ0) is 20.0.